The lowest BCUT2D eigenvalue weighted by Crippen LogP contribution is -2.14. The van der Waals surface area contributed by atoms with Crippen LogP contribution < -0.4 is 10.5 Å². The molecule has 0 heterocycles. The summed E-state index contributed by atoms with van der Waals surface area (Å²) in [6.07, 6.45) is 0. The second-order valence-corrected chi connectivity index (χ2v) is 6.04. The van der Waals surface area contributed by atoms with Crippen molar-refractivity contribution in [1.82, 2.24) is 0 Å². The number of hydrogen-bond donors (Lipinski definition) is 1. The van der Waals surface area contributed by atoms with E-state index in [1.165, 1.54) is 0 Å². The highest BCUT2D eigenvalue weighted by Crippen LogP contribution is 2.32. The molecule has 1 unspecified atom stereocenters. The zero-order valence-electron chi connectivity index (χ0n) is 10.2. The van der Waals surface area contributed by atoms with E-state index < -0.39 is 0 Å². The second-order valence-electron chi connectivity index (χ2n) is 4.03. The molecule has 0 amide bonds. The van der Waals surface area contributed by atoms with Gasteiger partial charge in [0.15, 0.2) is 0 Å². The van der Waals surface area contributed by atoms with Gasteiger partial charge in [0.25, 0.3) is 0 Å². The maximum absolute atomic E-state index is 6.29. The molecule has 0 aromatic heterocycles. The first-order valence-electron chi connectivity index (χ1n) is 5.57. The predicted molar refractivity (Wildman–Crippen MR) is 88.2 cm³/mol. The monoisotopic (exact) mass is 407 g/mol. The number of hydrogen-bond acceptors (Lipinski definition) is 2. The van der Waals surface area contributed by atoms with E-state index in [-0.39, 0.29) is 6.04 Å². The number of ether oxygens (including phenoxy) is 1. The quantitative estimate of drug-likeness (QED) is 0.751. The van der Waals surface area contributed by atoms with E-state index in [2.05, 4.69) is 22.6 Å². The number of benzene rings is 2. The first-order valence-corrected chi connectivity index (χ1v) is 7.40. The molecule has 2 aromatic carbocycles. The van der Waals surface area contributed by atoms with Crippen LogP contribution in [0.1, 0.15) is 17.2 Å². The van der Waals surface area contributed by atoms with Crippen molar-refractivity contribution in [1.29, 1.82) is 0 Å². The molecule has 0 radical (unpaired) electrons. The van der Waals surface area contributed by atoms with Crippen LogP contribution in [0.15, 0.2) is 36.4 Å². The highest BCUT2D eigenvalue weighted by Gasteiger charge is 2.16. The molecule has 0 saturated carbocycles. The summed E-state index contributed by atoms with van der Waals surface area (Å²) in [6, 6.07) is 10.8. The lowest BCUT2D eigenvalue weighted by atomic mass is 9.99. The molecule has 1 atom stereocenters. The second kappa shape index (κ2) is 6.31. The van der Waals surface area contributed by atoms with Crippen molar-refractivity contribution in [2.75, 3.05) is 7.11 Å². The molecular formula is C14H12Cl2INO. The van der Waals surface area contributed by atoms with E-state index in [1.54, 1.807) is 13.2 Å². The van der Waals surface area contributed by atoms with Crippen LogP contribution in [0.5, 0.6) is 5.75 Å². The molecule has 0 aliphatic carbocycles. The lowest BCUT2D eigenvalue weighted by Gasteiger charge is -2.17. The molecule has 0 spiro atoms. The van der Waals surface area contributed by atoms with Crippen LogP contribution in [0.2, 0.25) is 10.0 Å². The van der Waals surface area contributed by atoms with Crippen molar-refractivity contribution in [3.05, 3.63) is 61.1 Å². The largest absolute Gasteiger partial charge is 0.497 e. The van der Waals surface area contributed by atoms with Gasteiger partial charge in [-0.05, 0) is 64.0 Å². The summed E-state index contributed by atoms with van der Waals surface area (Å²) in [4.78, 5) is 0. The van der Waals surface area contributed by atoms with Gasteiger partial charge < -0.3 is 10.5 Å². The van der Waals surface area contributed by atoms with Crippen LogP contribution >= 0.6 is 45.8 Å². The first kappa shape index (κ1) is 14.9. The number of nitrogens with two attached hydrogens (primary N) is 1. The van der Waals surface area contributed by atoms with Gasteiger partial charge in [-0.15, -0.1) is 0 Å². The van der Waals surface area contributed by atoms with Gasteiger partial charge in [-0.2, -0.15) is 0 Å². The zero-order valence-corrected chi connectivity index (χ0v) is 13.8. The maximum atomic E-state index is 6.29. The summed E-state index contributed by atoms with van der Waals surface area (Å²) < 4.78 is 6.19. The molecule has 0 aliphatic heterocycles. The summed E-state index contributed by atoms with van der Waals surface area (Å²) in [5.74, 6) is 0.710. The molecule has 0 saturated heterocycles. The standard InChI is InChI=1S/C14H12Cl2INO/c1-19-9-3-4-10(12(16)7-9)14(18)11-6-8(15)2-5-13(11)17/h2-7,14H,18H2,1H3. The van der Waals surface area contributed by atoms with E-state index in [4.69, 9.17) is 33.7 Å². The fourth-order valence-corrected chi connectivity index (χ4v) is 2.95. The Kier molecular flexibility index (Phi) is 4.95. The zero-order chi connectivity index (χ0) is 14.0. The van der Waals surface area contributed by atoms with Gasteiger partial charge in [-0.25, -0.2) is 0 Å². The van der Waals surface area contributed by atoms with Crippen LogP contribution in [0, 0.1) is 3.57 Å². The van der Waals surface area contributed by atoms with Crippen molar-refractivity contribution in [2.45, 2.75) is 6.04 Å². The summed E-state index contributed by atoms with van der Waals surface area (Å²) >= 11 is 14.5. The topological polar surface area (TPSA) is 35.2 Å². The summed E-state index contributed by atoms with van der Waals surface area (Å²) in [5, 5.41) is 1.25. The Morgan fingerprint density at radius 2 is 1.84 bits per heavy atom. The van der Waals surface area contributed by atoms with Gasteiger partial charge in [0, 0.05) is 13.6 Å². The molecule has 2 aromatic rings. The molecule has 0 bridgehead atoms. The predicted octanol–water partition coefficient (Wildman–Crippen LogP) is 4.65. The van der Waals surface area contributed by atoms with Gasteiger partial charge in [-0.3, -0.25) is 0 Å². The average Bonchev–Trinajstić information content (AvgIpc) is 2.40. The third kappa shape index (κ3) is 3.34. The highest BCUT2D eigenvalue weighted by atomic mass is 127. The van der Waals surface area contributed by atoms with Crippen molar-refractivity contribution in [3.63, 3.8) is 0 Å². The van der Waals surface area contributed by atoms with Gasteiger partial charge in [0.1, 0.15) is 5.75 Å². The van der Waals surface area contributed by atoms with Crippen LogP contribution in [0.25, 0.3) is 0 Å². The molecular weight excluding hydrogens is 396 g/mol. The Hall–Kier alpha value is -0.490. The molecule has 0 aliphatic rings. The number of halogens is 3. The first-order chi connectivity index (χ1) is 9.02. The van der Waals surface area contributed by atoms with Gasteiger partial charge in [0.2, 0.25) is 0 Å². The summed E-state index contributed by atoms with van der Waals surface area (Å²) in [5.41, 5.74) is 8.10. The van der Waals surface area contributed by atoms with E-state index in [1.807, 2.05) is 30.3 Å². The third-order valence-electron chi connectivity index (χ3n) is 2.84. The minimum Gasteiger partial charge on any atom is -0.497 e. The SMILES string of the molecule is COc1ccc(C(N)c2cc(Cl)ccc2I)c(Cl)c1. The van der Waals surface area contributed by atoms with Gasteiger partial charge >= 0.3 is 0 Å². The van der Waals surface area contributed by atoms with Crippen LogP contribution in [0.4, 0.5) is 0 Å². The van der Waals surface area contributed by atoms with Gasteiger partial charge in [0.05, 0.1) is 13.2 Å². The Balaban J connectivity index is 2.43. The van der Waals surface area contributed by atoms with E-state index in [0.717, 1.165) is 14.7 Å². The van der Waals surface area contributed by atoms with Crippen molar-refractivity contribution >= 4 is 45.8 Å². The summed E-state index contributed by atoms with van der Waals surface area (Å²) in [6.45, 7) is 0. The van der Waals surface area contributed by atoms with E-state index in [9.17, 15) is 0 Å². The van der Waals surface area contributed by atoms with E-state index in [0.29, 0.717) is 15.8 Å². The maximum Gasteiger partial charge on any atom is 0.120 e. The van der Waals surface area contributed by atoms with Gasteiger partial charge in [-0.1, -0.05) is 29.3 Å². The molecule has 2 rings (SSSR count). The average molecular weight is 408 g/mol. The molecule has 100 valence electrons. The Bertz CT molecular complexity index is 604. The normalized spacial score (nSPS) is 12.3. The fraction of sp³-hybridized carbons (Fsp3) is 0.143. The number of rotatable bonds is 3. The van der Waals surface area contributed by atoms with Crippen molar-refractivity contribution < 1.29 is 4.74 Å². The minimum absolute atomic E-state index is 0.316. The molecule has 19 heavy (non-hydrogen) atoms. The Morgan fingerprint density at radius 1 is 1.11 bits per heavy atom. The van der Waals surface area contributed by atoms with E-state index >= 15 is 0 Å². The molecule has 0 fully saturated rings. The molecule has 2 nitrogen and oxygen atoms in total. The fourth-order valence-electron chi connectivity index (χ4n) is 1.81. The smallest absolute Gasteiger partial charge is 0.120 e. The van der Waals surface area contributed by atoms with Crippen LogP contribution in [0.3, 0.4) is 0 Å². The highest BCUT2D eigenvalue weighted by molar-refractivity contribution is 14.1. The van der Waals surface area contributed by atoms with Crippen LogP contribution in [-0.4, -0.2) is 7.11 Å². The lowest BCUT2D eigenvalue weighted by molar-refractivity contribution is 0.414. The minimum atomic E-state index is -0.316. The Morgan fingerprint density at radius 3 is 2.47 bits per heavy atom. The molecule has 2 N–H and O–H groups in total. The Labute approximate surface area is 136 Å². The number of methoxy groups -OCH3 is 1. The molecule has 5 heteroatoms. The third-order valence-corrected chi connectivity index (χ3v) is 4.38. The summed E-state index contributed by atoms with van der Waals surface area (Å²) in [7, 11) is 1.60. The van der Waals surface area contributed by atoms with Crippen LogP contribution in [-0.2, 0) is 0 Å². The van der Waals surface area contributed by atoms with Crippen molar-refractivity contribution in [2.24, 2.45) is 5.73 Å². The van der Waals surface area contributed by atoms with Crippen molar-refractivity contribution in [3.8, 4) is 5.75 Å².